The number of amides is 1. The number of nitrogens with one attached hydrogen (secondary N) is 3. The number of nitrogens with zero attached hydrogens (tertiary/aromatic N) is 1. The van der Waals surface area contributed by atoms with Crippen molar-refractivity contribution < 1.29 is 22.0 Å². The normalized spacial score (nSPS) is 11.1. The van der Waals surface area contributed by atoms with Gasteiger partial charge in [-0.2, -0.15) is 0 Å². The van der Waals surface area contributed by atoms with E-state index in [1.54, 1.807) is 30.3 Å². The minimum Gasteiger partial charge on any atom is -0.381 e. The largest absolute Gasteiger partial charge is 0.381 e. The first-order valence-corrected chi connectivity index (χ1v) is 11.8. The summed E-state index contributed by atoms with van der Waals surface area (Å²) in [5.74, 6) is -1.72. The zero-order valence-electron chi connectivity index (χ0n) is 18.0. The summed E-state index contributed by atoms with van der Waals surface area (Å²) in [6.45, 7) is 0.110. The number of sulfonamides is 1. The lowest BCUT2D eigenvalue weighted by Crippen LogP contribution is -2.22. The van der Waals surface area contributed by atoms with E-state index in [9.17, 15) is 22.0 Å². The van der Waals surface area contributed by atoms with Gasteiger partial charge >= 0.3 is 0 Å². The van der Waals surface area contributed by atoms with Crippen LogP contribution >= 0.6 is 0 Å². The van der Waals surface area contributed by atoms with Crippen LogP contribution in [0.4, 0.5) is 31.7 Å². The van der Waals surface area contributed by atoms with Crippen LogP contribution in [0.15, 0.2) is 54.7 Å². The fourth-order valence-corrected chi connectivity index (χ4v) is 4.02. The lowest BCUT2D eigenvalue weighted by molar-refractivity contribution is -0.117. The van der Waals surface area contributed by atoms with Crippen LogP contribution in [0.5, 0.6) is 0 Å². The number of aromatic nitrogens is 1. The second kappa shape index (κ2) is 10.9. The molecule has 7 N–H and O–H groups in total. The molecule has 3 aromatic rings. The molecule has 0 fully saturated rings. The molecule has 0 unspecified atom stereocenters. The molecule has 34 heavy (non-hydrogen) atoms. The van der Waals surface area contributed by atoms with Crippen LogP contribution in [0.2, 0.25) is 0 Å². The summed E-state index contributed by atoms with van der Waals surface area (Å²) in [6.07, 6.45) is 1.39. The second-order valence-electron chi connectivity index (χ2n) is 7.41. The van der Waals surface area contributed by atoms with E-state index in [2.05, 4.69) is 20.3 Å². The van der Waals surface area contributed by atoms with Gasteiger partial charge in [0.15, 0.2) is 0 Å². The van der Waals surface area contributed by atoms with Crippen molar-refractivity contribution in [2.75, 3.05) is 27.7 Å². The van der Waals surface area contributed by atoms with Crippen LogP contribution in [0, 0.1) is 11.6 Å². The maximum atomic E-state index is 13.5. The standard InChI is InChI=1S/C22H24F2N6O3S/c23-16-7-14(8-17(24)10-16)12-27-20-11-22(28-13-15(20)9-21(26)31)29-18-1-3-19(4-2-18)30-34(32,33)6-5-25/h1-4,7-8,10-11,13,30H,5-6,9,12,25H2,(H2,26,31)(H2,27,28,29). The summed E-state index contributed by atoms with van der Waals surface area (Å²) in [6, 6.07) is 11.3. The first kappa shape index (κ1) is 24.9. The number of carbonyl (C=O) groups excluding carboxylic acids is 1. The molecular weight excluding hydrogens is 466 g/mol. The number of pyridine rings is 1. The van der Waals surface area contributed by atoms with Crippen LogP contribution in [-0.4, -0.2) is 31.6 Å². The predicted octanol–water partition coefficient (Wildman–Crippen LogP) is 2.44. The molecule has 180 valence electrons. The lowest BCUT2D eigenvalue weighted by Gasteiger charge is -2.14. The molecule has 0 saturated heterocycles. The predicted molar refractivity (Wildman–Crippen MR) is 127 cm³/mol. The van der Waals surface area contributed by atoms with Gasteiger partial charge in [0.1, 0.15) is 17.5 Å². The third-order valence-electron chi connectivity index (χ3n) is 4.57. The minimum absolute atomic E-state index is 0.0108. The van der Waals surface area contributed by atoms with Crippen molar-refractivity contribution in [2.24, 2.45) is 11.5 Å². The number of anilines is 4. The number of hydrogen-bond donors (Lipinski definition) is 5. The third kappa shape index (κ3) is 7.39. The molecule has 2 aromatic carbocycles. The Balaban J connectivity index is 1.76. The Morgan fingerprint density at radius 2 is 1.65 bits per heavy atom. The van der Waals surface area contributed by atoms with Gasteiger partial charge in [0.25, 0.3) is 0 Å². The number of primary amides is 1. The van der Waals surface area contributed by atoms with Crippen LogP contribution in [0.1, 0.15) is 11.1 Å². The summed E-state index contributed by atoms with van der Waals surface area (Å²) in [5, 5.41) is 6.13. The van der Waals surface area contributed by atoms with Crippen molar-refractivity contribution in [3.05, 3.63) is 77.5 Å². The van der Waals surface area contributed by atoms with Gasteiger partial charge in [0, 0.05) is 54.0 Å². The van der Waals surface area contributed by atoms with Gasteiger partial charge in [-0.1, -0.05) is 0 Å². The Labute approximate surface area is 195 Å². The van der Waals surface area contributed by atoms with Crippen molar-refractivity contribution in [2.45, 2.75) is 13.0 Å². The molecule has 0 atom stereocenters. The quantitative estimate of drug-likeness (QED) is 0.277. The van der Waals surface area contributed by atoms with E-state index in [1.165, 1.54) is 18.3 Å². The molecule has 0 aliphatic heterocycles. The lowest BCUT2D eigenvalue weighted by atomic mass is 10.1. The fourth-order valence-electron chi connectivity index (χ4n) is 3.11. The number of benzene rings is 2. The van der Waals surface area contributed by atoms with Gasteiger partial charge in [-0.3, -0.25) is 9.52 Å². The summed E-state index contributed by atoms with van der Waals surface area (Å²) in [5.41, 5.74) is 13.0. The van der Waals surface area contributed by atoms with Crippen molar-refractivity contribution in [1.29, 1.82) is 0 Å². The number of carbonyl (C=O) groups is 1. The zero-order chi connectivity index (χ0) is 24.7. The minimum atomic E-state index is -3.51. The van der Waals surface area contributed by atoms with E-state index in [0.717, 1.165) is 6.07 Å². The fraction of sp³-hybridized carbons (Fsp3) is 0.182. The molecule has 0 spiro atoms. The van der Waals surface area contributed by atoms with Crippen molar-refractivity contribution >= 4 is 38.8 Å². The van der Waals surface area contributed by atoms with E-state index in [-0.39, 0.29) is 25.3 Å². The van der Waals surface area contributed by atoms with Crippen LogP contribution in [0.25, 0.3) is 0 Å². The van der Waals surface area contributed by atoms with Gasteiger partial charge in [-0.05, 0) is 42.0 Å². The van der Waals surface area contributed by atoms with Gasteiger partial charge in [0.05, 0.1) is 12.2 Å². The van der Waals surface area contributed by atoms with E-state index in [1.807, 2.05) is 0 Å². The van der Waals surface area contributed by atoms with Crippen molar-refractivity contribution in [3.63, 3.8) is 0 Å². The molecule has 1 amide bonds. The van der Waals surface area contributed by atoms with E-state index in [0.29, 0.717) is 34.0 Å². The Morgan fingerprint density at radius 1 is 1.00 bits per heavy atom. The Morgan fingerprint density at radius 3 is 2.26 bits per heavy atom. The molecule has 0 aliphatic rings. The smallest absolute Gasteiger partial charge is 0.233 e. The number of nitrogens with two attached hydrogens (primary N) is 2. The van der Waals surface area contributed by atoms with Crippen molar-refractivity contribution in [3.8, 4) is 0 Å². The molecule has 12 heteroatoms. The highest BCUT2D eigenvalue weighted by Crippen LogP contribution is 2.24. The molecule has 0 radical (unpaired) electrons. The Hall–Kier alpha value is -3.77. The van der Waals surface area contributed by atoms with Crippen molar-refractivity contribution in [1.82, 2.24) is 4.98 Å². The van der Waals surface area contributed by atoms with E-state index < -0.39 is 27.6 Å². The molecular formula is C22H24F2N6O3S. The third-order valence-corrected chi connectivity index (χ3v) is 5.89. The highest BCUT2D eigenvalue weighted by molar-refractivity contribution is 7.92. The molecule has 1 heterocycles. The topological polar surface area (TPSA) is 152 Å². The first-order chi connectivity index (χ1) is 16.1. The molecule has 0 aliphatic carbocycles. The monoisotopic (exact) mass is 490 g/mol. The highest BCUT2D eigenvalue weighted by Gasteiger charge is 2.11. The SMILES string of the molecule is NCCS(=O)(=O)Nc1ccc(Nc2cc(NCc3cc(F)cc(F)c3)c(CC(N)=O)cn2)cc1. The molecule has 0 bridgehead atoms. The number of halogens is 2. The van der Waals surface area contributed by atoms with Gasteiger partial charge in [-0.15, -0.1) is 0 Å². The average molecular weight is 491 g/mol. The van der Waals surface area contributed by atoms with Gasteiger partial charge < -0.3 is 22.1 Å². The second-order valence-corrected chi connectivity index (χ2v) is 9.25. The molecule has 3 rings (SSSR count). The summed E-state index contributed by atoms with van der Waals surface area (Å²) < 4.78 is 53.0. The Kier molecular flexibility index (Phi) is 7.97. The van der Waals surface area contributed by atoms with Crippen LogP contribution < -0.4 is 26.8 Å². The molecule has 0 saturated carbocycles. The first-order valence-electron chi connectivity index (χ1n) is 10.2. The number of rotatable bonds is 11. The summed E-state index contributed by atoms with van der Waals surface area (Å²) in [7, 11) is -3.51. The molecule has 1 aromatic heterocycles. The number of hydrogen-bond acceptors (Lipinski definition) is 7. The van der Waals surface area contributed by atoms with E-state index >= 15 is 0 Å². The Bertz CT molecular complexity index is 1250. The summed E-state index contributed by atoms with van der Waals surface area (Å²) >= 11 is 0. The highest BCUT2D eigenvalue weighted by atomic mass is 32.2. The van der Waals surface area contributed by atoms with Crippen LogP contribution in [-0.2, 0) is 27.8 Å². The maximum absolute atomic E-state index is 13.5. The summed E-state index contributed by atoms with van der Waals surface area (Å²) in [4.78, 5) is 15.7. The average Bonchev–Trinajstić information content (AvgIpc) is 2.74. The van der Waals surface area contributed by atoms with Gasteiger partial charge in [-0.25, -0.2) is 22.2 Å². The van der Waals surface area contributed by atoms with Crippen LogP contribution in [0.3, 0.4) is 0 Å². The van der Waals surface area contributed by atoms with E-state index in [4.69, 9.17) is 11.5 Å². The zero-order valence-corrected chi connectivity index (χ0v) is 18.8. The molecule has 9 nitrogen and oxygen atoms in total. The maximum Gasteiger partial charge on any atom is 0.233 e. The van der Waals surface area contributed by atoms with Gasteiger partial charge in [0.2, 0.25) is 15.9 Å².